The van der Waals surface area contributed by atoms with E-state index in [0.717, 1.165) is 18.0 Å². The minimum atomic E-state index is 0.790. The summed E-state index contributed by atoms with van der Waals surface area (Å²) in [4.78, 5) is 2.77. The molecular weight excluding hydrogens is 196 g/mol. The topological polar surface area (TPSA) is 15.3 Å². The fourth-order valence-corrected chi connectivity index (χ4v) is 3.57. The Hall–Kier alpha value is -0.0800. The van der Waals surface area contributed by atoms with E-state index in [2.05, 4.69) is 24.2 Å². The van der Waals surface area contributed by atoms with Gasteiger partial charge in [0.25, 0.3) is 0 Å². The van der Waals surface area contributed by atoms with Crippen molar-refractivity contribution in [3.8, 4) is 0 Å². The van der Waals surface area contributed by atoms with Crippen molar-refractivity contribution in [1.29, 1.82) is 0 Å². The number of nitrogens with zero attached hydrogens (tertiary/aromatic N) is 1. The molecule has 94 valence electrons. The first kappa shape index (κ1) is 12.4. The van der Waals surface area contributed by atoms with E-state index < -0.39 is 0 Å². The van der Waals surface area contributed by atoms with Crippen LogP contribution < -0.4 is 5.32 Å². The Morgan fingerprint density at radius 2 is 1.88 bits per heavy atom. The van der Waals surface area contributed by atoms with Crippen LogP contribution in [0.4, 0.5) is 0 Å². The maximum atomic E-state index is 3.44. The smallest absolute Gasteiger partial charge is 0.0111 e. The van der Waals surface area contributed by atoms with Crippen molar-refractivity contribution in [3.63, 3.8) is 0 Å². The second kappa shape index (κ2) is 6.02. The second-order valence-electron chi connectivity index (χ2n) is 5.72. The molecule has 2 atom stereocenters. The van der Waals surface area contributed by atoms with E-state index in [-0.39, 0.29) is 0 Å². The molecule has 1 saturated heterocycles. The Balaban J connectivity index is 1.72. The summed E-state index contributed by atoms with van der Waals surface area (Å²) < 4.78 is 0. The molecule has 2 fully saturated rings. The quantitative estimate of drug-likeness (QED) is 0.790. The molecule has 1 aliphatic heterocycles. The number of piperidine rings is 1. The van der Waals surface area contributed by atoms with Crippen molar-refractivity contribution in [3.05, 3.63) is 0 Å². The average molecular weight is 224 g/mol. The summed E-state index contributed by atoms with van der Waals surface area (Å²) in [5, 5.41) is 3.44. The summed E-state index contributed by atoms with van der Waals surface area (Å²) in [7, 11) is 2.11. The maximum Gasteiger partial charge on any atom is 0.0111 e. The van der Waals surface area contributed by atoms with E-state index in [1.165, 1.54) is 58.0 Å². The molecule has 2 unspecified atom stereocenters. The molecule has 0 aromatic rings. The summed E-state index contributed by atoms with van der Waals surface area (Å²) in [6.45, 7) is 5.05. The van der Waals surface area contributed by atoms with E-state index in [0.29, 0.717) is 0 Å². The van der Waals surface area contributed by atoms with E-state index in [1.54, 1.807) is 0 Å². The fraction of sp³-hybridized carbons (Fsp3) is 1.00. The molecule has 0 spiro atoms. The third-order valence-electron chi connectivity index (χ3n) is 4.68. The first-order chi connectivity index (χ1) is 7.83. The van der Waals surface area contributed by atoms with Gasteiger partial charge in [-0.25, -0.2) is 0 Å². The predicted molar refractivity (Wildman–Crippen MR) is 69.7 cm³/mol. The summed E-state index contributed by atoms with van der Waals surface area (Å²) in [5.41, 5.74) is 0. The van der Waals surface area contributed by atoms with Crippen LogP contribution in [0, 0.1) is 5.92 Å². The van der Waals surface area contributed by atoms with Gasteiger partial charge in [0, 0.05) is 12.1 Å². The standard InChI is InChI=1S/C14H28N2/c1-3-4-12-7-9-16(10-8-12)14-6-5-13(11-14)15-2/h12-15H,3-11H2,1-2H3. The number of hydrogen-bond donors (Lipinski definition) is 1. The fourth-order valence-electron chi connectivity index (χ4n) is 3.57. The molecule has 2 rings (SSSR count). The van der Waals surface area contributed by atoms with Crippen LogP contribution in [-0.2, 0) is 0 Å². The minimum Gasteiger partial charge on any atom is -0.317 e. The van der Waals surface area contributed by atoms with Gasteiger partial charge in [0.05, 0.1) is 0 Å². The van der Waals surface area contributed by atoms with Gasteiger partial charge in [-0.1, -0.05) is 19.8 Å². The third kappa shape index (κ3) is 2.98. The van der Waals surface area contributed by atoms with Crippen LogP contribution in [0.15, 0.2) is 0 Å². The van der Waals surface area contributed by atoms with Crippen molar-refractivity contribution < 1.29 is 0 Å². The largest absolute Gasteiger partial charge is 0.317 e. The lowest BCUT2D eigenvalue weighted by Crippen LogP contribution is -2.41. The van der Waals surface area contributed by atoms with Crippen LogP contribution in [0.25, 0.3) is 0 Å². The lowest BCUT2D eigenvalue weighted by atomic mass is 9.91. The van der Waals surface area contributed by atoms with Gasteiger partial charge in [-0.05, 0) is 58.2 Å². The molecule has 1 aliphatic carbocycles. The molecule has 16 heavy (non-hydrogen) atoms. The van der Waals surface area contributed by atoms with Crippen LogP contribution in [0.2, 0.25) is 0 Å². The van der Waals surface area contributed by atoms with Crippen LogP contribution in [0.1, 0.15) is 51.9 Å². The van der Waals surface area contributed by atoms with Crippen molar-refractivity contribution in [2.24, 2.45) is 5.92 Å². The highest BCUT2D eigenvalue weighted by Gasteiger charge is 2.30. The van der Waals surface area contributed by atoms with Crippen molar-refractivity contribution in [1.82, 2.24) is 10.2 Å². The Morgan fingerprint density at radius 1 is 1.12 bits per heavy atom. The lowest BCUT2D eigenvalue weighted by Gasteiger charge is -2.36. The zero-order valence-corrected chi connectivity index (χ0v) is 11.0. The number of likely N-dealkylation sites (tertiary alicyclic amines) is 1. The van der Waals surface area contributed by atoms with E-state index in [1.807, 2.05) is 0 Å². The highest BCUT2D eigenvalue weighted by Crippen LogP contribution is 2.29. The van der Waals surface area contributed by atoms with E-state index in [4.69, 9.17) is 0 Å². The number of nitrogens with one attached hydrogen (secondary N) is 1. The molecule has 2 aliphatic rings. The average Bonchev–Trinajstić information content (AvgIpc) is 2.79. The van der Waals surface area contributed by atoms with Gasteiger partial charge in [-0.2, -0.15) is 0 Å². The highest BCUT2D eigenvalue weighted by atomic mass is 15.2. The van der Waals surface area contributed by atoms with Crippen LogP contribution in [0.3, 0.4) is 0 Å². The maximum absolute atomic E-state index is 3.44. The second-order valence-corrected chi connectivity index (χ2v) is 5.72. The first-order valence-corrected chi connectivity index (χ1v) is 7.24. The van der Waals surface area contributed by atoms with E-state index >= 15 is 0 Å². The molecule has 0 aromatic carbocycles. The number of hydrogen-bond acceptors (Lipinski definition) is 2. The molecule has 2 nitrogen and oxygen atoms in total. The molecule has 1 saturated carbocycles. The zero-order chi connectivity index (χ0) is 11.4. The van der Waals surface area contributed by atoms with Gasteiger partial charge in [0.15, 0.2) is 0 Å². The molecule has 0 amide bonds. The summed E-state index contributed by atoms with van der Waals surface area (Å²) in [6.07, 6.45) is 9.92. The van der Waals surface area contributed by atoms with Crippen LogP contribution in [0.5, 0.6) is 0 Å². The van der Waals surface area contributed by atoms with Crippen LogP contribution in [-0.4, -0.2) is 37.1 Å². The summed E-state index contributed by atoms with van der Waals surface area (Å²) in [6, 6.07) is 1.68. The summed E-state index contributed by atoms with van der Waals surface area (Å²) in [5.74, 6) is 1.03. The van der Waals surface area contributed by atoms with Gasteiger partial charge < -0.3 is 10.2 Å². The minimum absolute atomic E-state index is 0.790. The normalized spacial score (nSPS) is 33.4. The molecule has 0 bridgehead atoms. The molecule has 0 aromatic heterocycles. The predicted octanol–water partition coefficient (Wildman–Crippen LogP) is 2.64. The monoisotopic (exact) mass is 224 g/mol. The summed E-state index contributed by atoms with van der Waals surface area (Å²) >= 11 is 0. The van der Waals surface area contributed by atoms with Gasteiger partial charge in [0.2, 0.25) is 0 Å². The zero-order valence-electron chi connectivity index (χ0n) is 11.0. The number of rotatable bonds is 4. The Labute approximate surface area is 101 Å². The Kier molecular flexibility index (Phi) is 4.66. The highest BCUT2D eigenvalue weighted by molar-refractivity contribution is 4.88. The molecular formula is C14H28N2. The molecule has 1 heterocycles. The molecule has 0 radical (unpaired) electrons. The van der Waals surface area contributed by atoms with Gasteiger partial charge in [-0.15, -0.1) is 0 Å². The van der Waals surface area contributed by atoms with Crippen LogP contribution >= 0.6 is 0 Å². The van der Waals surface area contributed by atoms with Crippen molar-refractivity contribution >= 4 is 0 Å². The van der Waals surface area contributed by atoms with Gasteiger partial charge in [0.1, 0.15) is 0 Å². The third-order valence-corrected chi connectivity index (χ3v) is 4.68. The molecule has 2 heteroatoms. The van der Waals surface area contributed by atoms with Crippen molar-refractivity contribution in [2.45, 2.75) is 64.0 Å². The van der Waals surface area contributed by atoms with E-state index in [9.17, 15) is 0 Å². The lowest BCUT2D eigenvalue weighted by molar-refractivity contribution is 0.129. The van der Waals surface area contributed by atoms with Gasteiger partial charge >= 0.3 is 0 Å². The SMILES string of the molecule is CCCC1CCN(C2CCC(NC)C2)CC1. The Bertz CT molecular complexity index is 197. The first-order valence-electron chi connectivity index (χ1n) is 7.24. The van der Waals surface area contributed by atoms with Crippen molar-refractivity contribution in [2.75, 3.05) is 20.1 Å². The molecule has 1 N–H and O–H groups in total. The Morgan fingerprint density at radius 3 is 2.44 bits per heavy atom. The van der Waals surface area contributed by atoms with Gasteiger partial charge in [-0.3, -0.25) is 0 Å².